The molecule has 1 aliphatic rings. The van der Waals surface area contributed by atoms with Crippen LogP contribution in [0.1, 0.15) is 41.8 Å². The first-order valence-corrected chi connectivity index (χ1v) is 6.73. The predicted molar refractivity (Wildman–Crippen MR) is 69.8 cm³/mol. The molecule has 6 heteroatoms. The van der Waals surface area contributed by atoms with Gasteiger partial charge in [-0.2, -0.15) is 0 Å². The molecular formula is C13H21N3O3. The Hall–Kier alpha value is -1.40. The summed E-state index contributed by atoms with van der Waals surface area (Å²) in [4.78, 5) is 11.7. The average Bonchev–Trinajstić information content (AvgIpc) is 2.83. The molecule has 1 saturated carbocycles. The average molecular weight is 267 g/mol. The first kappa shape index (κ1) is 14.0. The lowest BCUT2D eigenvalue weighted by molar-refractivity contribution is 0.0267. The SMILES string of the molecule is Cc1oncc1C(=O)NCCOC1CCC(N)CC1. The fourth-order valence-corrected chi connectivity index (χ4v) is 2.26. The van der Waals surface area contributed by atoms with Crippen molar-refractivity contribution in [2.45, 2.75) is 44.8 Å². The summed E-state index contributed by atoms with van der Waals surface area (Å²) in [5, 5.41) is 6.36. The second-order valence-corrected chi connectivity index (χ2v) is 4.96. The third kappa shape index (κ3) is 4.04. The summed E-state index contributed by atoms with van der Waals surface area (Å²) < 4.78 is 10.6. The molecule has 19 heavy (non-hydrogen) atoms. The van der Waals surface area contributed by atoms with E-state index in [9.17, 15) is 4.79 Å². The fraction of sp³-hybridized carbons (Fsp3) is 0.692. The number of nitrogens with zero attached hydrogens (tertiary/aromatic N) is 1. The van der Waals surface area contributed by atoms with E-state index in [1.807, 2.05) is 0 Å². The Kier molecular flexibility index (Phi) is 4.93. The van der Waals surface area contributed by atoms with Crippen molar-refractivity contribution in [1.29, 1.82) is 0 Å². The lowest BCUT2D eigenvalue weighted by Crippen LogP contribution is -2.33. The minimum Gasteiger partial charge on any atom is -0.376 e. The van der Waals surface area contributed by atoms with Gasteiger partial charge in [-0.1, -0.05) is 5.16 Å². The number of rotatable bonds is 5. The van der Waals surface area contributed by atoms with Crippen LogP contribution in [0.4, 0.5) is 0 Å². The normalized spacial score (nSPS) is 23.3. The van der Waals surface area contributed by atoms with Gasteiger partial charge in [-0.3, -0.25) is 4.79 Å². The fourth-order valence-electron chi connectivity index (χ4n) is 2.26. The van der Waals surface area contributed by atoms with Crippen molar-refractivity contribution in [3.05, 3.63) is 17.5 Å². The molecule has 1 amide bonds. The van der Waals surface area contributed by atoms with Crippen molar-refractivity contribution < 1.29 is 14.1 Å². The molecule has 2 rings (SSSR count). The van der Waals surface area contributed by atoms with Gasteiger partial charge < -0.3 is 20.3 Å². The van der Waals surface area contributed by atoms with E-state index in [-0.39, 0.29) is 12.0 Å². The molecule has 1 aromatic heterocycles. The van der Waals surface area contributed by atoms with Gasteiger partial charge in [0, 0.05) is 12.6 Å². The topological polar surface area (TPSA) is 90.4 Å². The third-order valence-corrected chi connectivity index (χ3v) is 3.46. The molecule has 1 aliphatic carbocycles. The highest BCUT2D eigenvalue weighted by Crippen LogP contribution is 2.19. The van der Waals surface area contributed by atoms with E-state index in [0.29, 0.717) is 30.5 Å². The Labute approximate surface area is 112 Å². The van der Waals surface area contributed by atoms with Gasteiger partial charge in [-0.25, -0.2) is 0 Å². The van der Waals surface area contributed by atoms with Gasteiger partial charge in [-0.15, -0.1) is 0 Å². The standard InChI is InChI=1S/C13H21N3O3/c1-9-12(8-16-19-9)13(17)15-6-7-18-11-4-2-10(14)3-5-11/h8,10-11H,2-7,14H2,1H3,(H,15,17). The Morgan fingerprint density at radius 2 is 2.26 bits per heavy atom. The second-order valence-electron chi connectivity index (χ2n) is 4.96. The van der Waals surface area contributed by atoms with Crippen LogP contribution in [-0.4, -0.2) is 36.4 Å². The summed E-state index contributed by atoms with van der Waals surface area (Å²) in [6.45, 7) is 2.73. The Morgan fingerprint density at radius 1 is 1.53 bits per heavy atom. The molecule has 0 unspecified atom stereocenters. The molecule has 0 spiro atoms. The molecule has 0 bridgehead atoms. The van der Waals surface area contributed by atoms with Crippen molar-refractivity contribution in [3.63, 3.8) is 0 Å². The van der Waals surface area contributed by atoms with E-state index in [1.165, 1.54) is 6.20 Å². The molecule has 6 nitrogen and oxygen atoms in total. The number of amides is 1. The van der Waals surface area contributed by atoms with E-state index in [1.54, 1.807) is 6.92 Å². The van der Waals surface area contributed by atoms with Crippen LogP contribution in [0.3, 0.4) is 0 Å². The first-order chi connectivity index (χ1) is 9.16. The highest BCUT2D eigenvalue weighted by molar-refractivity contribution is 5.94. The lowest BCUT2D eigenvalue weighted by atomic mass is 9.94. The van der Waals surface area contributed by atoms with Crippen LogP contribution in [0, 0.1) is 6.92 Å². The van der Waals surface area contributed by atoms with Gasteiger partial charge in [0.1, 0.15) is 11.3 Å². The Morgan fingerprint density at radius 3 is 2.89 bits per heavy atom. The number of carbonyl (C=O) groups excluding carboxylic acids is 1. The number of hydrogen-bond donors (Lipinski definition) is 2. The summed E-state index contributed by atoms with van der Waals surface area (Å²) in [6, 6.07) is 0.330. The molecular weight excluding hydrogens is 246 g/mol. The van der Waals surface area contributed by atoms with Gasteiger partial charge in [0.25, 0.3) is 5.91 Å². The smallest absolute Gasteiger partial charge is 0.256 e. The highest BCUT2D eigenvalue weighted by atomic mass is 16.5. The summed E-state index contributed by atoms with van der Waals surface area (Å²) in [5.74, 6) is 0.354. The second kappa shape index (κ2) is 6.68. The zero-order chi connectivity index (χ0) is 13.7. The number of nitrogens with two attached hydrogens (primary N) is 1. The van der Waals surface area contributed by atoms with Gasteiger partial charge in [0.15, 0.2) is 0 Å². The first-order valence-electron chi connectivity index (χ1n) is 6.73. The molecule has 0 aliphatic heterocycles. The quantitative estimate of drug-likeness (QED) is 0.777. The van der Waals surface area contributed by atoms with E-state index < -0.39 is 0 Å². The summed E-state index contributed by atoms with van der Waals surface area (Å²) in [7, 11) is 0. The van der Waals surface area contributed by atoms with E-state index in [2.05, 4.69) is 10.5 Å². The van der Waals surface area contributed by atoms with Crippen LogP contribution in [0.2, 0.25) is 0 Å². The summed E-state index contributed by atoms with van der Waals surface area (Å²) in [6.07, 6.45) is 5.79. The Bertz CT molecular complexity index is 411. The maximum atomic E-state index is 11.7. The number of ether oxygens (including phenoxy) is 1. The van der Waals surface area contributed by atoms with Gasteiger partial charge >= 0.3 is 0 Å². The zero-order valence-electron chi connectivity index (χ0n) is 11.2. The van der Waals surface area contributed by atoms with Crippen LogP contribution < -0.4 is 11.1 Å². The zero-order valence-corrected chi connectivity index (χ0v) is 11.2. The van der Waals surface area contributed by atoms with Crippen LogP contribution in [-0.2, 0) is 4.74 Å². The van der Waals surface area contributed by atoms with Gasteiger partial charge in [0.05, 0.1) is 18.9 Å². The maximum absolute atomic E-state index is 11.7. The van der Waals surface area contributed by atoms with Crippen LogP contribution in [0.5, 0.6) is 0 Å². The van der Waals surface area contributed by atoms with Gasteiger partial charge in [0.2, 0.25) is 0 Å². The maximum Gasteiger partial charge on any atom is 0.256 e. The molecule has 106 valence electrons. The predicted octanol–water partition coefficient (Wildman–Crippen LogP) is 0.999. The van der Waals surface area contributed by atoms with Crippen molar-refractivity contribution >= 4 is 5.91 Å². The molecule has 0 atom stereocenters. The summed E-state index contributed by atoms with van der Waals surface area (Å²) >= 11 is 0. The van der Waals surface area contributed by atoms with Crippen LogP contribution in [0.15, 0.2) is 10.7 Å². The van der Waals surface area contributed by atoms with Crippen LogP contribution in [0.25, 0.3) is 0 Å². The van der Waals surface area contributed by atoms with E-state index >= 15 is 0 Å². The molecule has 0 saturated heterocycles. The highest BCUT2D eigenvalue weighted by Gasteiger charge is 2.18. The lowest BCUT2D eigenvalue weighted by Gasteiger charge is -2.26. The van der Waals surface area contributed by atoms with Gasteiger partial charge in [-0.05, 0) is 32.6 Å². The molecule has 1 heterocycles. The van der Waals surface area contributed by atoms with Crippen molar-refractivity contribution in [2.75, 3.05) is 13.2 Å². The monoisotopic (exact) mass is 267 g/mol. The Balaban J connectivity index is 1.62. The third-order valence-electron chi connectivity index (χ3n) is 3.46. The molecule has 0 radical (unpaired) electrons. The van der Waals surface area contributed by atoms with Crippen molar-refractivity contribution in [3.8, 4) is 0 Å². The summed E-state index contributed by atoms with van der Waals surface area (Å²) in [5.41, 5.74) is 6.31. The minimum absolute atomic E-state index is 0.173. The molecule has 3 N–H and O–H groups in total. The molecule has 1 aromatic rings. The van der Waals surface area contributed by atoms with Crippen molar-refractivity contribution in [1.82, 2.24) is 10.5 Å². The van der Waals surface area contributed by atoms with Crippen LogP contribution >= 0.6 is 0 Å². The number of aryl methyl sites for hydroxylation is 1. The molecule has 1 fully saturated rings. The molecule has 0 aromatic carbocycles. The number of nitrogens with one attached hydrogen (secondary N) is 1. The van der Waals surface area contributed by atoms with Crippen molar-refractivity contribution in [2.24, 2.45) is 5.73 Å². The minimum atomic E-state index is -0.173. The number of aromatic nitrogens is 1. The largest absolute Gasteiger partial charge is 0.376 e. The number of carbonyl (C=O) groups is 1. The van der Waals surface area contributed by atoms with E-state index in [4.69, 9.17) is 15.0 Å². The van der Waals surface area contributed by atoms with E-state index in [0.717, 1.165) is 25.7 Å². The number of hydrogen-bond acceptors (Lipinski definition) is 5.